The van der Waals surface area contributed by atoms with E-state index in [1.54, 1.807) is 11.3 Å². The van der Waals surface area contributed by atoms with E-state index < -0.39 is 0 Å². The minimum Gasteiger partial charge on any atom is -0.333 e. The van der Waals surface area contributed by atoms with Crippen LogP contribution in [-0.4, -0.2) is 41.7 Å². The molecule has 0 aliphatic carbocycles. The molecule has 0 amide bonds. The van der Waals surface area contributed by atoms with Gasteiger partial charge in [0, 0.05) is 25.2 Å². The van der Waals surface area contributed by atoms with Crippen LogP contribution in [0.1, 0.15) is 11.9 Å². The molecule has 1 atom stereocenters. The minimum absolute atomic E-state index is 0.168. The van der Waals surface area contributed by atoms with Gasteiger partial charge in [-0.3, -0.25) is 4.90 Å². The largest absolute Gasteiger partial charge is 0.333 e. The van der Waals surface area contributed by atoms with Crippen molar-refractivity contribution in [2.45, 2.75) is 6.04 Å². The Morgan fingerprint density at radius 2 is 2.13 bits per heavy atom. The Labute approximate surface area is 138 Å². The first-order chi connectivity index (χ1) is 11.3. The molecule has 5 nitrogen and oxygen atoms in total. The van der Waals surface area contributed by atoms with E-state index in [0.29, 0.717) is 5.89 Å². The Bertz CT molecular complexity index is 783. The van der Waals surface area contributed by atoms with Crippen molar-refractivity contribution in [2.24, 2.45) is 0 Å². The van der Waals surface area contributed by atoms with Gasteiger partial charge in [0.1, 0.15) is 4.88 Å². The molecule has 2 aromatic heterocycles. The van der Waals surface area contributed by atoms with E-state index in [1.807, 2.05) is 18.2 Å². The summed E-state index contributed by atoms with van der Waals surface area (Å²) in [7, 11) is 2.10. The summed E-state index contributed by atoms with van der Waals surface area (Å²) in [5, 5.41) is 9.67. The third-order valence-electron chi connectivity index (χ3n) is 4.20. The van der Waals surface area contributed by atoms with E-state index >= 15 is 0 Å². The number of hydrogen-bond donors (Lipinski definition) is 1. The second-order valence-electron chi connectivity index (χ2n) is 5.69. The van der Waals surface area contributed by atoms with Crippen LogP contribution in [0, 0.1) is 0 Å². The molecule has 1 fully saturated rings. The first-order valence-electron chi connectivity index (χ1n) is 7.71. The summed E-state index contributed by atoms with van der Waals surface area (Å²) in [5.41, 5.74) is 2.31. The number of hydrogen-bond acceptors (Lipinski definition) is 6. The summed E-state index contributed by atoms with van der Waals surface area (Å²) in [6.07, 6.45) is 0. The van der Waals surface area contributed by atoms with Gasteiger partial charge in [-0.15, -0.1) is 11.3 Å². The quantitative estimate of drug-likeness (QED) is 0.802. The summed E-state index contributed by atoms with van der Waals surface area (Å²) in [5.74, 6) is 1.36. The lowest BCUT2D eigenvalue weighted by molar-refractivity contribution is 0.190. The number of piperazine rings is 1. The van der Waals surface area contributed by atoms with Crippen LogP contribution < -0.4 is 5.32 Å². The highest BCUT2D eigenvalue weighted by Gasteiger charge is 2.26. The first kappa shape index (κ1) is 14.6. The van der Waals surface area contributed by atoms with Crippen LogP contribution in [0.25, 0.3) is 21.9 Å². The van der Waals surface area contributed by atoms with Crippen LogP contribution in [0.5, 0.6) is 0 Å². The molecule has 3 aromatic rings. The van der Waals surface area contributed by atoms with Gasteiger partial charge in [-0.2, -0.15) is 4.98 Å². The Morgan fingerprint density at radius 3 is 2.96 bits per heavy atom. The third-order valence-corrected chi connectivity index (χ3v) is 5.10. The minimum atomic E-state index is 0.168. The van der Waals surface area contributed by atoms with Gasteiger partial charge in [-0.25, -0.2) is 0 Å². The fourth-order valence-electron chi connectivity index (χ4n) is 2.88. The number of thiophene rings is 1. The summed E-state index contributed by atoms with van der Waals surface area (Å²) in [6, 6.07) is 12.6. The van der Waals surface area contributed by atoms with Crippen LogP contribution in [0.3, 0.4) is 0 Å². The molecule has 1 saturated heterocycles. The molecular weight excluding hydrogens is 308 g/mol. The molecule has 1 aliphatic rings. The molecule has 4 rings (SSSR count). The Hall–Kier alpha value is -2.02. The third kappa shape index (κ3) is 2.81. The average molecular weight is 326 g/mol. The monoisotopic (exact) mass is 326 g/mol. The lowest BCUT2D eigenvalue weighted by Gasteiger charge is -2.30. The van der Waals surface area contributed by atoms with Crippen molar-refractivity contribution >= 4 is 11.3 Å². The van der Waals surface area contributed by atoms with E-state index in [0.717, 1.165) is 35.9 Å². The SMILES string of the molecule is CN1CCNCC1c1noc(-c2sccc2-c2ccccc2)n1. The first-order valence-corrected chi connectivity index (χ1v) is 8.59. The molecule has 118 valence electrons. The zero-order chi connectivity index (χ0) is 15.6. The van der Waals surface area contributed by atoms with Gasteiger partial charge in [-0.05, 0) is 24.1 Å². The Morgan fingerprint density at radius 1 is 1.26 bits per heavy atom. The normalized spacial score (nSPS) is 19.1. The highest BCUT2D eigenvalue weighted by Crippen LogP contribution is 2.36. The Balaban J connectivity index is 1.67. The number of nitrogens with zero attached hydrogens (tertiary/aromatic N) is 3. The topological polar surface area (TPSA) is 54.2 Å². The number of benzene rings is 1. The maximum Gasteiger partial charge on any atom is 0.268 e. The van der Waals surface area contributed by atoms with Gasteiger partial charge in [0.25, 0.3) is 5.89 Å². The molecular formula is C17H18N4OS. The van der Waals surface area contributed by atoms with Crippen molar-refractivity contribution in [3.05, 3.63) is 47.6 Å². The fraction of sp³-hybridized carbons (Fsp3) is 0.294. The molecule has 6 heteroatoms. The predicted octanol–water partition coefficient (Wildman–Crippen LogP) is 3.04. The second kappa shape index (κ2) is 6.23. The van der Waals surface area contributed by atoms with Crippen LogP contribution in [0.4, 0.5) is 0 Å². The van der Waals surface area contributed by atoms with Crippen LogP contribution in [0.15, 0.2) is 46.3 Å². The Kier molecular flexibility index (Phi) is 3.95. The molecule has 1 aliphatic heterocycles. The second-order valence-corrected chi connectivity index (χ2v) is 6.60. The van der Waals surface area contributed by atoms with E-state index in [-0.39, 0.29) is 6.04 Å². The molecule has 3 heterocycles. The van der Waals surface area contributed by atoms with Gasteiger partial charge in [-0.1, -0.05) is 35.5 Å². The zero-order valence-electron chi connectivity index (χ0n) is 12.9. The highest BCUT2D eigenvalue weighted by molar-refractivity contribution is 7.14. The van der Waals surface area contributed by atoms with Crippen LogP contribution >= 0.6 is 11.3 Å². The molecule has 0 spiro atoms. The molecule has 0 radical (unpaired) electrons. The molecule has 1 unspecified atom stereocenters. The fourth-order valence-corrected chi connectivity index (χ4v) is 3.71. The maximum atomic E-state index is 5.57. The summed E-state index contributed by atoms with van der Waals surface area (Å²) in [4.78, 5) is 7.95. The summed E-state index contributed by atoms with van der Waals surface area (Å²) < 4.78 is 5.57. The summed E-state index contributed by atoms with van der Waals surface area (Å²) >= 11 is 1.63. The maximum absolute atomic E-state index is 5.57. The van der Waals surface area contributed by atoms with Crippen molar-refractivity contribution in [3.8, 4) is 21.9 Å². The van der Waals surface area contributed by atoms with E-state index in [2.05, 4.69) is 51.0 Å². The summed E-state index contributed by atoms with van der Waals surface area (Å²) in [6.45, 7) is 2.84. The van der Waals surface area contributed by atoms with Crippen LogP contribution in [-0.2, 0) is 0 Å². The van der Waals surface area contributed by atoms with E-state index in [1.165, 1.54) is 5.56 Å². The highest BCUT2D eigenvalue weighted by atomic mass is 32.1. The van der Waals surface area contributed by atoms with Gasteiger partial charge < -0.3 is 9.84 Å². The van der Waals surface area contributed by atoms with Crippen molar-refractivity contribution < 1.29 is 4.52 Å². The molecule has 23 heavy (non-hydrogen) atoms. The number of likely N-dealkylation sites (N-methyl/N-ethyl adjacent to an activating group) is 1. The molecule has 1 N–H and O–H groups in total. The standard InChI is InChI=1S/C17H18N4OS/c1-21-9-8-18-11-14(21)16-19-17(22-20-16)15-13(7-10-23-15)12-5-3-2-4-6-12/h2-7,10,14,18H,8-9,11H2,1H3. The number of nitrogens with one attached hydrogen (secondary N) is 1. The predicted molar refractivity (Wildman–Crippen MR) is 91.3 cm³/mol. The zero-order valence-corrected chi connectivity index (χ0v) is 13.7. The molecule has 1 aromatic carbocycles. The molecule has 0 saturated carbocycles. The van der Waals surface area contributed by atoms with E-state index in [9.17, 15) is 0 Å². The lowest BCUT2D eigenvalue weighted by Crippen LogP contribution is -2.44. The van der Waals surface area contributed by atoms with Gasteiger partial charge in [0.15, 0.2) is 5.82 Å². The van der Waals surface area contributed by atoms with E-state index in [4.69, 9.17) is 4.52 Å². The molecule has 0 bridgehead atoms. The van der Waals surface area contributed by atoms with Crippen molar-refractivity contribution in [1.82, 2.24) is 20.4 Å². The average Bonchev–Trinajstić information content (AvgIpc) is 3.25. The lowest BCUT2D eigenvalue weighted by atomic mass is 10.1. The number of rotatable bonds is 3. The smallest absolute Gasteiger partial charge is 0.268 e. The van der Waals surface area contributed by atoms with Crippen molar-refractivity contribution in [1.29, 1.82) is 0 Å². The van der Waals surface area contributed by atoms with Gasteiger partial charge in [0.05, 0.1) is 6.04 Å². The van der Waals surface area contributed by atoms with Gasteiger partial charge >= 0.3 is 0 Å². The van der Waals surface area contributed by atoms with Crippen LogP contribution in [0.2, 0.25) is 0 Å². The van der Waals surface area contributed by atoms with Crippen molar-refractivity contribution in [3.63, 3.8) is 0 Å². The number of aromatic nitrogens is 2. The van der Waals surface area contributed by atoms with Gasteiger partial charge in [0.2, 0.25) is 0 Å². The van der Waals surface area contributed by atoms with Crippen molar-refractivity contribution in [2.75, 3.05) is 26.7 Å².